The molecular formula is C24H26N4O3. The number of ether oxygens (including phenoxy) is 1. The second kappa shape index (κ2) is 9.12. The van der Waals surface area contributed by atoms with Gasteiger partial charge in [-0.15, -0.1) is 0 Å². The molecule has 1 aromatic heterocycles. The summed E-state index contributed by atoms with van der Waals surface area (Å²) in [7, 11) is 1.77. The van der Waals surface area contributed by atoms with Crippen LogP contribution in [0.5, 0.6) is 5.75 Å². The van der Waals surface area contributed by atoms with Crippen LogP contribution in [0.2, 0.25) is 0 Å². The second-order valence-electron chi connectivity index (χ2n) is 7.81. The summed E-state index contributed by atoms with van der Waals surface area (Å²) in [6, 6.07) is 13.6. The molecule has 2 amide bonds. The third-order valence-corrected chi connectivity index (χ3v) is 5.42. The summed E-state index contributed by atoms with van der Waals surface area (Å²) < 4.78 is 5.80. The van der Waals surface area contributed by atoms with E-state index in [1.165, 1.54) is 0 Å². The van der Waals surface area contributed by atoms with Crippen molar-refractivity contribution in [1.82, 2.24) is 14.9 Å². The van der Waals surface area contributed by atoms with Crippen molar-refractivity contribution in [2.45, 2.75) is 39.2 Å². The Morgan fingerprint density at radius 1 is 1.16 bits per heavy atom. The van der Waals surface area contributed by atoms with Crippen LogP contribution >= 0.6 is 0 Å². The Morgan fingerprint density at radius 2 is 2.00 bits per heavy atom. The SMILES string of the molecule is Cc1nc(CN(C)C(=O)CCCOc2ccc3c(c2)CCC(=O)N3)nc2ccccc12. The van der Waals surface area contributed by atoms with E-state index >= 15 is 0 Å². The number of para-hydroxylation sites is 1. The number of amides is 2. The first-order valence-corrected chi connectivity index (χ1v) is 10.5. The van der Waals surface area contributed by atoms with E-state index in [9.17, 15) is 9.59 Å². The van der Waals surface area contributed by atoms with Crippen LogP contribution in [0, 0.1) is 6.92 Å². The molecular weight excluding hydrogens is 392 g/mol. The van der Waals surface area contributed by atoms with Crippen LogP contribution in [-0.4, -0.2) is 40.3 Å². The minimum absolute atomic E-state index is 0.0335. The zero-order valence-electron chi connectivity index (χ0n) is 17.9. The lowest BCUT2D eigenvalue weighted by Crippen LogP contribution is -2.27. The fourth-order valence-electron chi connectivity index (χ4n) is 3.72. The first kappa shape index (κ1) is 20.8. The molecule has 0 saturated carbocycles. The third-order valence-electron chi connectivity index (χ3n) is 5.42. The Bertz CT molecular complexity index is 1130. The number of hydrogen-bond acceptors (Lipinski definition) is 5. The number of carbonyl (C=O) groups excluding carboxylic acids is 2. The maximum absolute atomic E-state index is 12.5. The topological polar surface area (TPSA) is 84.4 Å². The molecule has 0 aliphatic carbocycles. The van der Waals surface area contributed by atoms with Crippen molar-refractivity contribution in [2.24, 2.45) is 0 Å². The van der Waals surface area contributed by atoms with Crippen molar-refractivity contribution >= 4 is 28.4 Å². The number of nitrogens with zero attached hydrogens (tertiary/aromatic N) is 3. The van der Waals surface area contributed by atoms with E-state index in [1.54, 1.807) is 11.9 Å². The van der Waals surface area contributed by atoms with Crippen molar-refractivity contribution in [3.8, 4) is 5.75 Å². The molecule has 3 aromatic rings. The first-order valence-electron chi connectivity index (χ1n) is 10.5. The molecule has 0 unspecified atom stereocenters. The zero-order chi connectivity index (χ0) is 21.8. The summed E-state index contributed by atoms with van der Waals surface area (Å²) in [6.07, 6.45) is 2.23. The molecule has 0 atom stereocenters. The fourth-order valence-corrected chi connectivity index (χ4v) is 3.72. The lowest BCUT2D eigenvalue weighted by molar-refractivity contribution is -0.130. The number of carbonyl (C=O) groups is 2. The van der Waals surface area contributed by atoms with Gasteiger partial charge in [-0.2, -0.15) is 0 Å². The van der Waals surface area contributed by atoms with Crippen LogP contribution in [0.1, 0.15) is 36.3 Å². The number of aromatic nitrogens is 2. The molecule has 0 fully saturated rings. The van der Waals surface area contributed by atoms with E-state index in [4.69, 9.17) is 4.74 Å². The van der Waals surface area contributed by atoms with Crippen molar-refractivity contribution in [3.05, 3.63) is 59.5 Å². The van der Waals surface area contributed by atoms with Gasteiger partial charge in [-0.1, -0.05) is 18.2 Å². The molecule has 2 heterocycles. The Morgan fingerprint density at radius 3 is 2.87 bits per heavy atom. The van der Waals surface area contributed by atoms with E-state index in [0.29, 0.717) is 38.2 Å². The maximum Gasteiger partial charge on any atom is 0.224 e. The normalized spacial score (nSPS) is 12.9. The van der Waals surface area contributed by atoms with Crippen LogP contribution in [-0.2, 0) is 22.6 Å². The molecule has 0 saturated heterocycles. The van der Waals surface area contributed by atoms with E-state index < -0.39 is 0 Å². The summed E-state index contributed by atoms with van der Waals surface area (Å²) in [4.78, 5) is 34.7. The summed E-state index contributed by atoms with van der Waals surface area (Å²) >= 11 is 0. The third kappa shape index (κ3) is 4.99. The van der Waals surface area contributed by atoms with Gasteiger partial charge in [-0.3, -0.25) is 9.59 Å². The van der Waals surface area contributed by atoms with Crippen molar-refractivity contribution < 1.29 is 14.3 Å². The molecule has 1 N–H and O–H groups in total. The Hall–Kier alpha value is -3.48. The highest BCUT2D eigenvalue weighted by Gasteiger charge is 2.15. The number of aryl methyl sites for hydroxylation is 2. The minimum Gasteiger partial charge on any atom is -0.494 e. The van der Waals surface area contributed by atoms with Gasteiger partial charge in [0.2, 0.25) is 11.8 Å². The van der Waals surface area contributed by atoms with E-state index in [-0.39, 0.29) is 11.8 Å². The highest BCUT2D eigenvalue weighted by Crippen LogP contribution is 2.27. The summed E-state index contributed by atoms with van der Waals surface area (Å²) in [6.45, 7) is 2.79. The molecule has 7 heteroatoms. The maximum atomic E-state index is 12.5. The van der Waals surface area contributed by atoms with Crippen molar-refractivity contribution in [3.63, 3.8) is 0 Å². The predicted octanol–water partition coefficient (Wildman–Crippen LogP) is 3.64. The second-order valence-corrected chi connectivity index (χ2v) is 7.81. The Labute approximate surface area is 181 Å². The van der Waals surface area contributed by atoms with Crippen LogP contribution in [0.4, 0.5) is 5.69 Å². The van der Waals surface area contributed by atoms with Crippen LogP contribution in [0.15, 0.2) is 42.5 Å². The monoisotopic (exact) mass is 418 g/mol. The number of fused-ring (bicyclic) bond motifs is 2. The Kier molecular flexibility index (Phi) is 6.11. The number of nitrogens with one attached hydrogen (secondary N) is 1. The van der Waals surface area contributed by atoms with Gasteiger partial charge in [0.25, 0.3) is 0 Å². The average Bonchev–Trinajstić information content (AvgIpc) is 2.76. The highest BCUT2D eigenvalue weighted by atomic mass is 16.5. The molecule has 1 aliphatic heterocycles. The molecule has 0 spiro atoms. The number of anilines is 1. The van der Waals surface area contributed by atoms with E-state index in [2.05, 4.69) is 15.3 Å². The van der Waals surface area contributed by atoms with Crippen molar-refractivity contribution in [1.29, 1.82) is 0 Å². The summed E-state index contributed by atoms with van der Waals surface area (Å²) in [5.41, 5.74) is 3.74. The number of hydrogen-bond donors (Lipinski definition) is 1. The lowest BCUT2D eigenvalue weighted by atomic mass is 10.0. The zero-order valence-corrected chi connectivity index (χ0v) is 17.9. The van der Waals surface area contributed by atoms with E-state index in [1.807, 2.05) is 49.4 Å². The van der Waals surface area contributed by atoms with Crippen LogP contribution in [0.3, 0.4) is 0 Å². The van der Waals surface area contributed by atoms with Gasteiger partial charge in [0, 0.05) is 36.7 Å². The quantitative estimate of drug-likeness (QED) is 0.592. The van der Waals surface area contributed by atoms with Gasteiger partial charge in [0.15, 0.2) is 0 Å². The highest BCUT2D eigenvalue weighted by molar-refractivity contribution is 5.94. The summed E-state index contributed by atoms with van der Waals surface area (Å²) in [5.74, 6) is 1.49. The van der Waals surface area contributed by atoms with Crippen LogP contribution in [0.25, 0.3) is 10.9 Å². The molecule has 31 heavy (non-hydrogen) atoms. The van der Waals surface area contributed by atoms with Gasteiger partial charge < -0.3 is 15.0 Å². The van der Waals surface area contributed by atoms with Crippen LogP contribution < -0.4 is 10.1 Å². The molecule has 2 aromatic carbocycles. The molecule has 160 valence electrons. The predicted molar refractivity (Wildman–Crippen MR) is 119 cm³/mol. The fraction of sp³-hybridized carbons (Fsp3) is 0.333. The molecule has 1 aliphatic rings. The van der Waals surface area contributed by atoms with Gasteiger partial charge in [0.1, 0.15) is 11.6 Å². The average molecular weight is 418 g/mol. The first-order chi connectivity index (χ1) is 15.0. The standard InChI is InChI=1S/C24H26N4O3/c1-16-19-6-3-4-7-21(19)26-22(25-16)15-28(2)24(30)8-5-13-31-18-10-11-20-17(14-18)9-12-23(29)27-20/h3-4,6-7,10-11,14H,5,8-9,12-13,15H2,1-2H3,(H,27,29). The lowest BCUT2D eigenvalue weighted by Gasteiger charge is -2.18. The van der Waals surface area contributed by atoms with Gasteiger partial charge in [-0.25, -0.2) is 9.97 Å². The molecule has 0 bridgehead atoms. The molecule has 0 radical (unpaired) electrons. The number of benzene rings is 2. The molecule has 4 rings (SSSR count). The Balaban J connectivity index is 1.26. The minimum atomic E-state index is 0.0335. The van der Waals surface area contributed by atoms with E-state index in [0.717, 1.165) is 40.0 Å². The molecule has 7 nitrogen and oxygen atoms in total. The van der Waals surface area contributed by atoms with Crippen molar-refractivity contribution in [2.75, 3.05) is 19.0 Å². The smallest absolute Gasteiger partial charge is 0.224 e. The van der Waals surface area contributed by atoms with Gasteiger partial charge >= 0.3 is 0 Å². The number of rotatable bonds is 7. The summed E-state index contributed by atoms with van der Waals surface area (Å²) in [5, 5.41) is 3.89. The van der Waals surface area contributed by atoms with Gasteiger partial charge in [-0.05, 0) is 49.6 Å². The largest absolute Gasteiger partial charge is 0.494 e. The van der Waals surface area contributed by atoms with Gasteiger partial charge in [0.05, 0.1) is 18.7 Å².